The van der Waals surface area contributed by atoms with E-state index in [1.54, 1.807) is 4.68 Å². The van der Waals surface area contributed by atoms with Crippen molar-refractivity contribution in [3.05, 3.63) is 23.0 Å². The predicted octanol–water partition coefficient (Wildman–Crippen LogP) is 1.57. The predicted molar refractivity (Wildman–Crippen MR) is 99.3 cm³/mol. The molecule has 1 N–H and O–H groups in total. The molecular formula is C19H27N5O2. The number of fused-ring (bicyclic) bond motifs is 1. The maximum Gasteiger partial charge on any atom is 0.252 e. The Kier molecular flexibility index (Phi) is 4.67. The third-order valence-corrected chi connectivity index (χ3v) is 5.57. The highest BCUT2D eigenvalue weighted by molar-refractivity contribution is 6.06. The molecule has 1 amide bonds. The second-order valence-electron chi connectivity index (χ2n) is 7.50. The first kappa shape index (κ1) is 17.4. The average Bonchev–Trinajstić information content (AvgIpc) is 3.20. The zero-order valence-corrected chi connectivity index (χ0v) is 15.8. The zero-order valence-electron chi connectivity index (χ0n) is 15.8. The summed E-state index contributed by atoms with van der Waals surface area (Å²) in [5, 5.41) is 8.50. The van der Waals surface area contributed by atoms with Crippen LogP contribution in [0.15, 0.2) is 6.07 Å². The molecular weight excluding hydrogens is 330 g/mol. The highest BCUT2D eigenvalue weighted by Crippen LogP contribution is 2.23. The molecule has 7 heteroatoms. The van der Waals surface area contributed by atoms with Crippen LogP contribution in [0, 0.1) is 13.8 Å². The lowest BCUT2D eigenvalue weighted by Gasteiger charge is -2.34. The number of pyridine rings is 1. The van der Waals surface area contributed by atoms with Gasteiger partial charge in [-0.1, -0.05) is 6.42 Å². The summed E-state index contributed by atoms with van der Waals surface area (Å²) in [6.07, 6.45) is 3.77. The number of nitrogens with one attached hydrogen (secondary N) is 1. The molecule has 0 spiro atoms. The van der Waals surface area contributed by atoms with E-state index in [4.69, 9.17) is 4.74 Å². The van der Waals surface area contributed by atoms with Crippen molar-refractivity contribution in [3.8, 4) is 0 Å². The van der Waals surface area contributed by atoms with Gasteiger partial charge in [0.05, 0.1) is 41.9 Å². The van der Waals surface area contributed by atoms with E-state index in [1.807, 2.05) is 27.0 Å². The molecule has 2 aliphatic rings. The molecule has 26 heavy (non-hydrogen) atoms. The van der Waals surface area contributed by atoms with E-state index in [2.05, 4.69) is 20.3 Å². The normalized spacial score (nSPS) is 24.3. The van der Waals surface area contributed by atoms with Crippen molar-refractivity contribution in [2.75, 3.05) is 26.3 Å². The van der Waals surface area contributed by atoms with Crippen molar-refractivity contribution in [1.29, 1.82) is 0 Å². The quantitative estimate of drug-likeness (QED) is 0.903. The lowest BCUT2D eigenvalue weighted by Crippen LogP contribution is -2.52. The molecule has 0 radical (unpaired) electrons. The van der Waals surface area contributed by atoms with Gasteiger partial charge in [-0.15, -0.1) is 0 Å². The number of rotatable bonds is 3. The van der Waals surface area contributed by atoms with Crippen LogP contribution in [-0.4, -0.2) is 64.0 Å². The molecule has 0 aromatic carbocycles. The lowest BCUT2D eigenvalue weighted by molar-refractivity contribution is 0.0901. The van der Waals surface area contributed by atoms with Crippen LogP contribution in [0.3, 0.4) is 0 Å². The highest BCUT2D eigenvalue weighted by atomic mass is 16.5. The third-order valence-electron chi connectivity index (χ3n) is 5.57. The van der Waals surface area contributed by atoms with E-state index in [0.717, 1.165) is 35.5 Å². The smallest absolute Gasteiger partial charge is 0.252 e. The molecule has 140 valence electrons. The summed E-state index contributed by atoms with van der Waals surface area (Å²) in [5.74, 6) is -0.0610. The molecule has 4 rings (SSSR count). The molecule has 2 unspecified atom stereocenters. The second-order valence-corrected chi connectivity index (χ2v) is 7.50. The first-order valence-corrected chi connectivity index (χ1v) is 9.48. The van der Waals surface area contributed by atoms with E-state index in [9.17, 15) is 4.79 Å². The van der Waals surface area contributed by atoms with Gasteiger partial charge in [0.1, 0.15) is 0 Å². The Hall–Kier alpha value is -1.99. The van der Waals surface area contributed by atoms with E-state index >= 15 is 0 Å². The van der Waals surface area contributed by atoms with Crippen LogP contribution in [0.2, 0.25) is 0 Å². The highest BCUT2D eigenvalue weighted by Gasteiger charge is 2.35. The Balaban J connectivity index is 1.59. The summed E-state index contributed by atoms with van der Waals surface area (Å²) in [7, 11) is 1.86. The molecule has 0 aliphatic carbocycles. The molecule has 7 nitrogen and oxygen atoms in total. The van der Waals surface area contributed by atoms with Gasteiger partial charge >= 0.3 is 0 Å². The van der Waals surface area contributed by atoms with Crippen LogP contribution in [0.1, 0.15) is 41.0 Å². The number of carbonyl (C=O) groups excluding carboxylic acids is 1. The molecule has 2 fully saturated rings. The second kappa shape index (κ2) is 6.96. The number of hydrogen-bond acceptors (Lipinski definition) is 5. The number of likely N-dealkylation sites (tertiary alicyclic amines) is 1. The van der Waals surface area contributed by atoms with Gasteiger partial charge in [-0.2, -0.15) is 5.10 Å². The van der Waals surface area contributed by atoms with Crippen LogP contribution in [0.25, 0.3) is 11.0 Å². The Bertz CT molecular complexity index is 825. The number of amides is 1. The number of hydrogen-bond donors (Lipinski definition) is 1. The van der Waals surface area contributed by atoms with Crippen LogP contribution < -0.4 is 5.32 Å². The van der Waals surface area contributed by atoms with Gasteiger partial charge in [-0.25, -0.2) is 4.98 Å². The van der Waals surface area contributed by atoms with Crippen molar-refractivity contribution in [3.63, 3.8) is 0 Å². The zero-order chi connectivity index (χ0) is 18.3. The number of aryl methyl sites for hydroxylation is 3. The van der Waals surface area contributed by atoms with Gasteiger partial charge in [0, 0.05) is 12.7 Å². The Labute approximate surface area is 153 Å². The fourth-order valence-electron chi connectivity index (χ4n) is 4.29. The van der Waals surface area contributed by atoms with Crippen molar-refractivity contribution < 1.29 is 9.53 Å². The SMILES string of the molecule is Cc1cc(C(=O)NC2COCC2N2CCCCC2)c2c(C)nn(C)c2n1. The first-order chi connectivity index (χ1) is 12.5. The van der Waals surface area contributed by atoms with Crippen molar-refractivity contribution in [2.45, 2.75) is 45.2 Å². The molecule has 2 aliphatic heterocycles. The number of aromatic nitrogens is 3. The van der Waals surface area contributed by atoms with Gasteiger partial charge < -0.3 is 10.1 Å². The maximum atomic E-state index is 13.1. The van der Waals surface area contributed by atoms with Crippen molar-refractivity contribution in [1.82, 2.24) is 25.0 Å². The number of piperidine rings is 1. The molecule has 2 aromatic rings. The molecule has 2 saturated heterocycles. The topological polar surface area (TPSA) is 72.3 Å². The van der Waals surface area contributed by atoms with Gasteiger partial charge in [-0.3, -0.25) is 14.4 Å². The maximum absolute atomic E-state index is 13.1. The largest absolute Gasteiger partial charge is 0.378 e. The summed E-state index contributed by atoms with van der Waals surface area (Å²) < 4.78 is 7.45. The van der Waals surface area contributed by atoms with Gasteiger partial charge in [0.25, 0.3) is 5.91 Å². The van der Waals surface area contributed by atoms with Crippen LogP contribution in [0.4, 0.5) is 0 Å². The Morgan fingerprint density at radius 1 is 1.23 bits per heavy atom. The van der Waals surface area contributed by atoms with Crippen molar-refractivity contribution >= 4 is 16.9 Å². The monoisotopic (exact) mass is 357 g/mol. The molecule has 2 atom stereocenters. The van der Waals surface area contributed by atoms with Gasteiger partial charge in [0.2, 0.25) is 0 Å². The van der Waals surface area contributed by atoms with E-state index < -0.39 is 0 Å². The summed E-state index contributed by atoms with van der Waals surface area (Å²) in [6.45, 7) is 7.30. The summed E-state index contributed by atoms with van der Waals surface area (Å²) >= 11 is 0. The van der Waals surface area contributed by atoms with Crippen LogP contribution >= 0.6 is 0 Å². The fraction of sp³-hybridized carbons (Fsp3) is 0.632. The molecule has 4 heterocycles. The minimum Gasteiger partial charge on any atom is -0.378 e. The fourth-order valence-corrected chi connectivity index (χ4v) is 4.29. The number of nitrogens with zero attached hydrogens (tertiary/aromatic N) is 4. The van der Waals surface area contributed by atoms with E-state index in [1.165, 1.54) is 19.3 Å². The molecule has 0 bridgehead atoms. The summed E-state index contributed by atoms with van der Waals surface area (Å²) in [6, 6.07) is 2.16. The minimum atomic E-state index is -0.0610. The van der Waals surface area contributed by atoms with E-state index in [0.29, 0.717) is 18.8 Å². The number of ether oxygens (including phenoxy) is 1. The van der Waals surface area contributed by atoms with Gasteiger partial charge in [0.15, 0.2) is 5.65 Å². The Morgan fingerprint density at radius 2 is 2.00 bits per heavy atom. The van der Waals surface area contributed by atoms with Gasteiger partial charge in [-0.05, 0) is 45.8 Å². The number of carbonyl (C=O) groups is 1. The summed E-state index contributed by atoms with van der Waals surface area (Å²) in [4.78, 5) is 20.1. The van der Waals surface area contributed by atoms with Crippen LogP contribution in [-0.2, 0) is 11.8 Å². The van der Waals surface area contributed by atoms with Crippen molar-refractivity contribution in [2.24, 2.45) is 7.05 Å². The summed E-state index contributed by atoms with van der Waals surface area (Å²) in [5.41, 5.74) is 3.06. The standard InChI is InChI=1S/C19H27N5O2/c1-12-9-14(17-13(2)22-23(3)18(17)20-12)19(25)21-15-10-26-11-16(15)24-7-5-4-6-8-24/h9,15-16H,4-8,10-11H2,1-3H3,(H,21,25). The molecule has 2 aromatic heterocycles. The van der Waals surface area contributed by atoms with Crippen LogP contribution in [0.5, 0.6) is 0 Å². The molecule has 0 saturated carbocycles. The minimum absolute atomic E-state index is 0.0288. The third kappa shape index (κ3) is 3.10. The van der Waals surface area contributed by atoms with E-state index in [-0.39, 0.29) is 18.0 Å². The first-order valence-electron chi connectivity index (χ1n) is 9.48. The lowest BCUT2D eigenvalue weighted by atomic mass is 10.0. The average molecular weight is 357 g/mol. The Morgan fingerprint density at radius 3 is 2.77 bits per heavy atom.